The molecule has 2 aromatic rings. The summed E-state index contributed by atoms with van der Waals surface area (Å²) in [5.74, 6) is -0.591. The maximum absolute atomic E-state index is 12.6. The number of nitrogens with zero attached hydrogens (tertiary/aromatic N) is 1. The molecule has 0 aliphatic carbocycles. The zero-order valence-electron chi connectivity index (χ0n) is 16.6. The second kappa shape index (κ2) is 9.13. The standard InChI is InChI=1S/C22H23NO5S/c1-14(24)15-7-8-20(27-2)17(9-15)13-28-22(26)16-10-21(25)23(12-16)18-5-4-6-19(11-18)29-3/h4-9,11,16H,10,12-13H2,1-3H3/t16-/m1/s1. The Morgan fingerprint density at radius 3 is 2.69 bits per heavy atom. The molecule has 0 radical (unpaired) electrons. The molecule has 0 bridgehead atoms. The van der Waals surface area contributed by atoms with Crippen molar-refractivity contribution >= 4 is 35.1 Å². The fourth-order valence-electron chi connectivity index (χ4n) is 3.27. The molecule has 152 valence electrons. The molecule has 1 fully saturated rings. The summed E-state index contributed by atoms with van der Waals surface area (Å²) in [5.41, 5.74) is 1.92. The van der Waals surface area contributed by atoms with Crippen molar-refractivity contribution in [3.63, 3.8) is 0 Å². The number of methoxy groups -OCH3 is 1. The molecule has 7 heteroatoms. The van der Waals surface area contributed by atoms with E-state index in [-0.39, 0.29) is 24.7 Å². The number of benzene rings is 2. The van der Waals surface area contributed by atoms with Gasteiger partial charge < -0.3 is 14.4 Å². The molecule has 2 aromatic carbocycles. The first-order chi connectivity index (χ1) is 13.9. The van der Waals surface area contributed by atoms with Crippen LogP contribution in [0.5, 0.6) is 5.75 Å². The van der Waals surface area contributed by atoms with E-state index in [0.717, 1.165) is 10.6 Å². The number of ether oxygens (including phenoxy) is 2. The number of Topliss-reactive ketones (excluding diaryl/α,β-unsaturated/α-hetero) is 1. The lowest BCUT2D eigenvalue weighted by Gasteiger charge is -2.17. The fraction of sp³-hybridized carbons (Fsp3) is 0.318. The van der Waals surface area contributed by atoms with E-state index in [1.807, 2.05) is 30.5 Å². The molecule has 0 spiro atoms. The highest BCUT2D eigenvalue weighted by Gasteiger charge is 2.36. The molecule has 0 N–H and O–H groups in total. The number of anilines is 1. The second-order valence-corrected chi connectivity index (χ2v) is 7.68. The van der Waals surface area contributed by atoms with E-state index < -0.39 is 11.9 Å². The molecule has 0 aromatic heterocycles. The number of hydrogen-bond acceptors (Lipinski definition) is 6. The van der Waals surface area contributed by atoms with Gasteiger partial charge in [-0.3, -0.25) is 14.4 Å². The third kappa shape index (κ3) is 4.79. The van der Waals surface area contributed by atoms with E-state index in [0.29, 0.717) is 23.4 Å². The van der Waals surface area contributed by atoms with Crippen LogP contribution in [0, 0.1) is 5.92 Å². The number of ketones is 1. The average molecular weight is 413 g/mol. The van der Waals surface area contributed by atoms with Gasteiger partial charge >= 0.3 is 5.97 Å². The molecule has 1 aliphatic rings. The predicted octanol–water partition coefficient (Wildman–Crippen LogP) is 3.72. The van der Waals surface area contributed by atoms with Crippen LogP contribution in [0.25, 0.3) is 0 Å². The molecule has 1 atom stereocenters. The van der Waals surface area contributed by atoms with Crippen molar-refractivity contribution in [3.05, 3.63) is 53.6 Å². The van der Waals surface area contributed by atoms with Gasteiger partial charge in [0.15, 0.2) is 5.78 Å². The minimum atomic E-state index is -0.526. The monoisotopic (exact) mass is 413 g/mol. The first-order valence-corrected chi connectivity index (χ1v) is 10.4. The molecule has 1 aliphatic heterocycles. The maximum Gasteiger partial charge on any atom is 0.311 e. The summed E-state index contributed by atoms with van der Waals surface area (Å²) in [6, 6.07) is 12.7. The molecule has 1 heterocycles. The van der Waals surface area contributed by atoms with Crippen LogP contribution in [-0.4, -0.2) is 37.6 Å². The lowest BCUT2D eigenvalue weighted by Crippen LogP contribution is -2.26. The van der Waals surface area contributed by atoms with Crippen LogP contribution in [0.1, 0.15) is 29.3 Å². The molecule has 0 unspecified atom stereocenters. The Balaban J connectivity index is 1.67. The number of amides is 1. The summed E-state index contributed by atoms with van der Waals surface area (Å²) in [7, 11) is 1.52. The smallest absolute Gasteiger partial charge is 0.311 e. The lowest BCUT2D eigenvalue weighted by molar-refractivity contribution is -0.149. The van der Waals surface area contributed by atoms with Gasteiger partial charge in [-0.2, -0.15) is 0 Å². The normalized spacial score (nSPS) is 16.0. The van der Waals surface area contributed by atoms with Gasteiger partial charge in [0.05, 0.1) is 13.0 Å². The molecule has 1 amide bonds. The van der Waals surface area contributed by atoms with Gasteiger partial charge in [-0.25, -0.2) is 0 Å². The van der Waals surface area contributed by atoms with E-state index in [9.17, 15) is 14.4 Å². The summed E-state index contributed by atoms with van der Waals surface area (Å²) in [6.07, 6.45) is 2.09. The minimum absolute atomic E-state index is 0.0181. The lowest BCUT2D eigenvalue weighted by atomic mass is 10.1. The largest absolute Gasteiger partial charge is 0.496 e. The number of rotatable bonds is 7. The SMILES string of the molecule is COc1ccc(C(C)=O)cc1COC(=O)[C@@H]1CC(=O)N(c2cccc(SC)c2)C1. The van der Waals surface area contributed by atoms with E-state index >= 15 is 0 Å². The number of hydrogen-bond donors (Lipinski definition) is 0. The number of esters is 1. The van der Waals surface area contributed by atoms with Gasteiger partial charge in [-0.05, 0) is 49.6 Å². The van der Waals surface area contributed by atoms with Crippen molar-refractivity contribution in [2.24, 2.45) is 5.92 Å². The Morgan fingerprint density at radius 1 is 1.21 bits per heavy atom. The fourth-order valence-corrected chi connectivity index (χ4v) is 3.72. The van der Waals surface area contributed by atoms with Crippen molar-refractivity contribution in [2.45, 2.75) is 24.8 Å². The molecule has 1 saturated heterocycles. The van der Waals surface area contributed by atoms with Gasteiger partial charge in [0, 0.05) is 34.7 Å². The molecule has 3 rings (SSSR count). The molecular weight excluding hydrogens is 390 g/mol. The maximum atomic E-state index is 12.6. The van der Waals surface area contributed by atoms with Crippen molar-refractivity contribution in [2.75, 3.05) is 24.8 Å². The van der Waals surface area contributed by atoms with Crippen molar-refractivity contribution < 1.29 is 23.9 Å². The van der Waals surface area contributed by atoms with Crippen LogP contribution in [0.4, 0.5) is 5.69 Å². The highest BCUT2D eigenvalue weighted by molar-refractivity contribution is 7.98. The van der Waals surface area contributed by atoms with Crippen molar-refractivity contribution in [1.29, 1.82) is 0 Å². The van der Waals surface area contributed by atoms with Crippen molar-refractivity contribution in [1.82, 2.24) is 0 Å². The zero-order chi connectivity index (χ0) is 21.0. The van der Waals surface area contributed by atoms with E-state index in [2.05, 4.69) is 0 Å². The van der Waals surface area contributed by atoms with Crippen LogP contribution in [0.15, 0.2) is 47.4 Å². The van der Waals surface area contributed by atoms with E-state index in [4.69, 9.17) is 9.47 Å². The van der Waals surface area contributed by atoms with Crippen molar-refractivity contribution in [3.8, 4) is 5.75 Å². The van der Waals surface area contributed by atoms with Crippen LogP contribution in [0.2, 0.25) is 0 Å². The second-order valence-electron chi connectivity index (χ2n) is 6.80. The Labute approximate surface area is 174 Å². The summed E-state index contributed by atoms with van der Waals surface area (Å²) >= 11 is 1.60. The Kier molecular flexibility index (Phi) is 6.59. The molecule has 6 nitrogen and oxygen atoms in total. The Hall–Kier alpha value is -2.80. The molecule has 29 heavy (non-hydrogen) atoms. The summed E-state index contributed by atoms with van der Waals surface area (Å²) in [5, 5.41) is 0. The number of thioether (sulfide) groups is 1. The van der Waals surface area contributed by atoms with Gasteiger partial charge in [-0.1, -0.05) is 6.07 Å². The van der Waals surface area contributed by atoms with E-state index in [1.165, 1.54) is 14.0 Å². The first kappa shape index (κ1) is 20.9. The van der Waals surface area contributed by atoms with Gasteiger partial charge in [0.25, 0.3) is 0 Å². The van der Waals surface area contributed by atoms with Crippen LogP contribution < -0.4 is 9.64 Å². The Bertz CT molecular complexity index is 943. The number of carbonyl (C=O) groups is 3. The summed E-state index contributed by atoms with van der Waals surface area (Å²) in [4.78, 5) is 39.3. The highest BCUT2D eigenvalue weighted by atomic mass is 32.2. The molecule has 0 saturated carbocycles. The van der Waals surface area contributed by atoms with Crippen LogP contribution in [0.3, 0.4) is 0 Å². The van der Waals surface area contributed by atoms with E-state index in [1.54, 1.807) is 34.9 Å². The topological polar surface area (TPSA) is 72.9 Å². The highest BCUT2D eigenvalue weighted by Crippen LogP contribution is 2.29. The minimum Gasteiger partial charge on any atom is -0.496 e. The predicted molar refractivity (Wildman–Crippen MR) is 111 cm³/mol. The average Bonchev–Trinajstić information content (AvgIpc) is 3.13. The summed E-state index contributed by atoms with van der Waals surface area (Å²) < 4.78 is 10.7. The summed E-state index contributed by atoms with van der Waals surface area (Å²) in [6.45, 7) is 1.75. The third-order valence-corrected chi connectivity index (χ3v) is 5.61. The third-order valence-electron chi connectivity index (χ3n) is 4.88. The van der Waals surface area contributed by atoms with Crippen LogP contribution >= 0.6 is 11.8 Å². The number of carbonyl (C=O) groups excluding carboxylic acids is 3. The van der Waals surface area contributed by atoms with Gasteiger partial charge in [-0.15, -0.1) is 11.8 Å². The Morgan fingerprint density at radius 2 is 2.00 bits per heavy atom. The zero-order valence-corrected chi connectivity index (χ0v) is 17.5. The quantitative estimate of drug-likeness (QED) is 0.391. The first-order valence-electron chi connectivity index (χ1n) is 9.22. The van der Waals surface area contributed by atoms with Gasteiger partial charge in [0.2, 0.25) is 5.91 Å². The molecular formula is C22H23NO5S. The van der Waals surface area contributed by atoms with Gasteiger partial charge in [0.1, 0.15) is 12.4 Å². The van der Waals surface area contributed by atoms with Crippen LogP contribution in [-0.2, 0) is 20.9 Å².